The summed E-state index contributed by atoms with van der Waals surface area (Å²) in [5.41, 5.74) is 0. The van der Waals surface area contributed by atoms with Crippen molar-refractivity contribution >= 4 is 11.9 Å². The Morgan fingerprint density at radius 3 is 2.82 bits per heavy atom. The maximum atomic E-state index is 11.2. The molecule has 0 bridgehead atoms. The smallest absolute Gasteiger partial charge is 0.334 e. The number of hydrogen-bond acceptors (Lipinski definition) is 4. The lowest BCUT2D eigenvalue weighted by atomic mass is 9.99. The fourth-order valence-electron chi connectivity index (χ4n) is 1.44. The number of ether oxygens (including phenoxy) is 2. The third-order valence-electron chi connectivity index (χ3n) is 2.34. The number of cyclic esters (lactones) is 1. The highest BCUT2D eigenvalue weighted by molar-refractivity contribution is 5.84. The van der Waals surface area contributed by atoms with Crippen LogP contribution in [0.5, 0.6) is 0 Å². The van der Waals surface area contributed by atoms with Crippen molar-refractivity contribution in [3.63, 3.8) is 0 Å². The van der Waals surface area contributed by atoms with Gasteiger partial charge >= 0.3 is 11.9 Å². The van der Waals surface area contributed by atoms with Gasteiger partial charge in [0.05, 0.1) is 19.1 Å². The molecule has 1 rings (SSSR count). The number of methoxy groups -OCH3 is 1. The average molecular weight is 238 g/mol. The molecule has 0 aromatic heterocycles. The number of hydrogen-bond donors (Lipinski definition) is 1. The van der Waals surface area contributed by atoms with E-state index >= 15 is 0 Å². The van der Waals surface area contributed by atoms with Gasteiger partial charge in [-0.05, 0) is 6.08 Å². The van der Waals surface area contributed by atoms with Gasteiger partial charge in [-0.15, -0.1) is 0 Å². The van der Waals surface area contributed by atoms with E-state index in [1.54, 1.807) is 6.08 Å². The second-order valence-corrected chi connectivity index (χ2v) is 3.52. The number of aliphatic carboxylic acids is 1. The Morgan fingerprint density at radius 1 is 1.53 bits per heavy atom. The van der Waals surface area contributed by atoms with Gasteiger partial charge in [0.1, 0.15) is 11.9 Å². The molecular weight excluding hydrogens is 224 g/mol. The summed E-state index contributed by atoms with van der Waals surface area (Å²) in [5, 5.41) is 8.39. The van der Waals surface area contributed by atoms with E-state index < -0.39 is 18.0 Å². The van der Waals surface area contributed by atoms with Crippen molar-refractivity contribution in [1.29, 1.82) is 0 Å². The molecule has 1 N–H and O–H groups in total. The summed E-state index contributed by atoms with van der Waals surface area (Å²) >= 11 is 0. The molecule has 5 heteroatoms. The van der Waals surface area contributed by atoms with Crippen molar-refractivity contribution in [1.82, 2.24) is 0 Å². The van der Waals surface area contributed by atoms with Crippen LogP contribution in [0.3, 0.4) is 0 Å². The molecule has 0 aromatic rings. The fourth-order valence-corrected chi connectivity index (χ4v) is 1.44. The second-order valence-electron chi connectivity index (χ2n) is 3.52. The number of esters is 1. The summed E-state index contributed by atoms with van der Waals surface area (Å²) in [5.74, 6) is -1.03. The van der Waals surface area contributed by atoms with Crippen molar-refractivity contribution in [2.45, 2.75) is 13.0 Å². The summed E-state index contributed by atoms with van der Waals surface area (Å²) < 4.78 is 10.1. The zero-order chi connectivity index (χ0) is 12.8. The summed E-state index contributed by atoms with van der Waals surface area (Å²) in [6, 6.07) is 0. The Balaban J connectivity index is 2.69. The van der Waals surface area contributed by atoms with Crippen LogP contribution in [-0.4, -0.2) is 30.3 Å². The maximum Gasteiger partial charge on any atom is 0.334 e. The van der Waals surface area contributed by atoms with Gasteiger partial charge in [0.15, 0.2) is 0 Å². The largest absolute Gasteiger partial charge is 0.500 e. The molecule has 1 aliphatic heterocycles. The van der Waals surface area contributed by atoms with Gasteiger partial charge in [-0.1, -0.05) is 19.1 Å². The molecule has 1 heterocycles. The highest BCUT2D eigenvalue weighted by atomic mass is 16.6. The topological polar surface area (TPSA) is 72.8 Å². The van der Waals surface area contributed by atoms with Crippen molar-refractivity contribution < 1.29 is 24.2 Å². The molecule has 1 aliphatic rings. The third kappa shape index (κ3) is 3.79. The van der Waals surface area contributed by atoms with E-state index in [1.165, 1.54) is 25.3 Å². The molecule has 0 saturated carbocycles. The van der Waals surface area contributed by atoms with E-state index in [4.69, 9.17) is 14.6 Å². The molecule has 17 heavy (non-hydrogen) atoms. The predicted molar refractivity (Wildman–Crippen MR) is 60.1 cm³/mol. The molecule has 0 radical (unpaired) electrons. The van der Waals surface area contributed by atoms with Gasteiger partial charge in [0.2, 0.25) is 0 Å². The Morgan fingerprint density at radius 2 is 2.24 bits per heavy atom. The zero-order valence-electron chi connectivity index (χ0n) is 9.62. The lowest BCUT2D eigenvalue weighted by molar-refractivity contribution is -0.145. The molecule has 0 spiro atoms. The minimum Gasteiger partial charge on any atom is -0.500 e. The Hall–Kier alpha value is -2.04. The standard InChI is InChI=1S/C12H14O5/c1-8-9(5-3-4-6-11(13)14)17-12(15)7-10(8)16-2/h3-9H,1-2H3,(H,13,14)/b5-3+,6-4+. The molecule has 5 nitrogen and oxygen atoms in total. The number of carbonyl (C=O) groups is 2. The molecule has 0 fully saturated rings. The molecule has 2 atom stereocenters. The predicted octanol–water partition coefficient (Wildman–Crippen LogP) is 1.28. The maximum absolute atomic E-state index is 11.2. The lowest BCUT2D eigenvalue weighted by Crippen LogP contribution is -2.29. The van der Waals surface area contributed by atoms with Crippen molar-refractivity contribution in [2.24, 2.45) is 5.92 Å². The van der Waals surface area contributed by atoms with Crippen LogP contribution < -0.4 is 0 Å². The summed E-state index contributed by atoms with van der Waals surface area (Å²) in [7, 11) is 1.49. The van der Waals surface area contributed by atoms with Crippen LogP contribution >= 0.6 is 0 Å². The summed E-state index contributed by atoms with van der Waals surface area (Å²) in [4.78, 5) is 21.4. The molecule has 0 aliphatic carbocycles. The van der Waals surface area contributed by atoms with Crippen LogP contribution in [0.1, 0.15) is 6.92 Å². The van der Waals surface area contributed by atoms with E-state index in [9.17, 15) is 9.59 Å². The highest BCUT2D eigenvalue weighted by Gasteiger charge is 2.28. The lowest BCUT2D eigenvalue weighted by Gasteiger charge is -2.26. The average Bonchev–Trinajstić information content (AvgIpc) is 2.28. The van der Waals surface area contributed by atoms with Crippen molar-refractivity contribution in [3.8, 4) is 0 Å². The van der Waals surface area contributed by atoms with Crippen LogP contribution in [0.4, 0.5) is 0 Å². The first-order chi connectivity index (χ1) is 8.04. The second kappa shape index (κ2) is 5.89. The van der Waals surface area contributed by atoms with E-state index in [0.29, 0.717) is 5.76 Å². The Labute approximate surface area is 99.0 Å². The Bertz CT molecular complexity index is 392. The first-order valence-electron chi connectivity index (χ1n) is 5.08. The highest BCUT2D eigenvalue weighted by Crippen LogP contribution is 2.24. The van der Waals surface area contributed by atoms with Crippen molar-refractivity contribution in [2.75, 3.05) is 7.11 Å². The van der Waals surface area contributed by atoms with Crippen LogP contribution in [0, 0.1) is 5.92 Å². The van der Waals surface area contributed by atoms with Gasteiger partial charge in [-0.3, -0.25) is 0 Å². The van der Waals surface area contributed by atoms with Crippen LogP contribution in [-0.2, 0) is 19.1 Å². The molecular formula is C12H14O5. The SMILES string of the molecule is COC1=CC(=O)OC(/C=C/C=C/C(=O)O)C1C. The first-order valence-corrected chi connectivity index (χ1v) is 5.08. The van der Waals surface area contributed by atoms with E-state index in [0.717, 1.165) is 6.08 Å². The number of rotatable bonds is 4. The Kier molecular flexibility index (Phi) is 4.51. The van der Waals surface area contributed by atoms with E-state index in [2.05, 4.69) is 0 Å². The molecule has 92 valence electrons. The van der Waals surface area contributed by atoms with Gasteiger partial charge in [0.25, 0.3) is 0 Å². The number of carboxylic acid groups (broad SMARTS) is 1. The fraction of sp³-hybridized carbons (Fsp3) is 0.333. The van der Waals surface area contributed by atoms with Gasteiger partial charge in [-0.25, -0.2) is 9.59 Å². The molecule has 2 unspecified atom stereocenters. The molecule has 0 amide bonds. The summed E-state index contributed by atoms with van der Waals surface area (Å²) in [6.45, 7) is 1.86. The minimum atomic E-state index is -1.03. The van der Waals surface area contributed by atoms with E-state index in [1.807, 2.05) is 6.92 Å². The van der Waals surface area contributed by atoms with E-state index in [-0.39, 0.29) is 5.92 Å². The van der Waals surface area contributed by atoms with Crippen LogP contribution in [0.25, 0.3) is 0 Å². The van der Waals surface area contributed by atoms with Crippen LogP contribution in [0.2, 0.25) is 0 Å². The number of carbonyl (C=O) groups excluding carboxylic acids is 1. The van der Waals surface area contributed by atoms with Gasteiger partial charge in [-0.2, -0.15) is 0 Å². The summed E-state index contributed by atoms with van der Waals surface area (Å²) in [6.07, 6.45) is 6.38. The minimum absolute atomic E-state index is 0.0906. The molecule has 0 saturated heterocycles. The third-order valence-corrected chi connectivity index (χ3v) is 2.34. The number of carboxylic acids is 1. The van der Waals surface area contributed by atoms with Crippen LogP contribution in [0.15, 0.2) is 36.1 Å². The van der Waals surface area contributed by atoms with Gasteiger partial charge < -0.3 is 14.6 Å². The quantitative estimate of drug-likeness (QED) is 0.453. The first kappa shape index (κ1) is 13.0. The normalized spacial score (nSPS) is 24.8. The number of allylic oxidation sites excluding steroid dienone is 2. The monoisotopic (exact) mass is 238 g/mol. The van der Waals surface area contributed by atoms with Gasteiger partial charge in [0, 0.05) is 6.08 Å². The van der Waals surface area contributed by atoms with Crippen molar-refractivity contribution in [3.05, 3.63) is 36.1 Å². The molecule has 0 aromatic carbocycles. The zero-order valence-corrected chi connectivity index (χ0v) is 9.62.